The van der Waals surface area contributed by atoms with Crippen LogP contribution in [-0.4, -0.2) is 23.6 Å². The number of fused-ring (bicyclic) bond motifs is 1. The highest BCUT2D eigenvalue weighted by atomic mass is 32.2. The molecular weight excluding hydrogens is 246 g/mol. The van der Waals surface area contributed by atoms with Gasteiger partial charge in [0.15, 0.2) is 0 Å². The zero-order valence-corrected chi connectivity index (χ0v) is 10.1. The largest absolute Gasteiger partial charge is 0.274 e. The van der Waals surface area contributed by atoms with Gasteiger partial charge in [-0.1, -0.05) is 31.3 Å². The van der Waals surface area contributed by atoms with Crippen LogP contribution in [0.3, 0.4) is 0 Å². The molecule has 4 nitrogen and oxygen atoms in total. The van der Waals surface area contributed by atoms with Gasteiger partial charge in [0.2, 0.25) is 0 Å². The SMILES string of the molecule is CCC(=S)N1C(=O)c2ccccc2S1(=O)=O. The van der Waals surface area contributed by atoms with Gasteiger partial charge in [-0.05, 0) is 18.6 Å². The summed E-state index contributed by atoms with van der Waals surface area (Å²) in [4.78, 5) is 12.0. The Labute approximate surface area is 98.9 Å². The van der Waals surface area contributed by atoms with Crippen molar-refractivity contribution in [2.45, 2.75) is 18.2 Å². The van der Waals surface area contributed by atoms with E-state index in [1.165, 1.54) is 12.1 Å². The van der Waals surface area contributed by atoms with E-state index >= 15 is 0 Å². The van der Waals surface area contributed by atoms with Gasteiger partial charge in [0.1, 0.15) is 9.88 Å². The van der Waals surface area contributed by atoms with Crippen molar-refractivity contribution in [3.05, 3.63) is 29.8 Å². The first-order valence-electron chi connectivity index (χ1n) is 4.71. The lowest BCUT2D eigenvalue weighted by atomic mass is 10.2. The van der Waals surface area contributed by atoms with Gasteiger partial charge in [-0.15, -0.1) is 0 Å². The zero-order chi connectivity index (χ0) is 11.9. The van der Waals surface area contributed by atoms with E-state index in [1.54, 1.807) is 19.1 Å². The molecule has 1 heterocycles. The summed E-state index contributed by atoms with van der Waals surface area (Å²) in [5.41, 5.74) is 0.193. The van der Waals surface area contributed by atoms with Crippen LogP contribution in [0.4, 0.5) is 0 Å². The molecule has 16 heavy (non-hydrogen) atoms. The summed E-state index contributed by atoms with van der Waals surface area (Å²) in [7, 11) is -3.76. The quantitative estimate of drug-likeness (QED) is 0.715. The molecule has 0 fully saturated rings. The lowest BCUT2D eigenvalue weighted by Crippen LogP contribution is -2.34. The Morgan fingerprint density at radius 2 is 2.00 bits per heavy atom. The number of thiocarbonyl (C=S) groups is 1. The van der Waals surface area contributed by atoms with Crippen molar-refractivity contribution in [3.8, 4) is 0 Å². The maximum absolute atomic E-state index is 12.0. The summed E-state index contributed by atoms with van der Waals surface area (Å²) in [6.45, 7) is 1.72. The first-order chi connectivity index (χ1) is 7.50. The summed E-state index contributed by atoms with van der Waals surface area (Å²) in [6, 6.07) is 6.13. The average Bonchev–Trinajstić information content (AvgIpc) is 2.47. The van der Waals surface area contributed by atoms with E-state index < -0.39 is 15.9 Å². The smallest absolute Gasteiger partial charge is 0.268 e. The number of benzene rings is 1. The fraction of sp³-hybridized carbons (Fsp3) is 0.200. The lowest BCUT2D eigenvalue weighted by Gasteiger charge is -2.14. The molecule has 0 saturated heterocycles. The fourth-order valence-corrected chi connectivity index (χ4v) is 3.55. The molecule has 84 valence electrons. The molecule has 1 aromatic rings. The highest BCUT2D eigenvalue weighted by Gasteiger charge is 2.42. The van der Waals surface area contributed by atoms with Crippen molar-refractivity contribution in [2.75, 3.05) is 0 Å². The Morgan fingerprint density at radius 1 is 1.38 bits per heavy atom. The van der Waals surface area contributed by atoms with Crippen LogP contribution in [0, 0.1) is 0 Å². The highest BCUT2D eigenvalue weighted by Crippen LogP contribution is 2.30. The number of carbonyl (C=O) groups is 1. The molecule has 0 saturated carbocycles. The molecule has 0 aromatic heterocycles. The average molecular weight is 255 g/mol. The van der Waals surface area contributed by atoms with Gasteiger partial charge in [-0.2, -0.15) is 4.31 Å². The molecule has 0 unspecified atom stereocenters. The van der Waals surface area contributed by atoms with E-state index in [1.807, 2.05) is 0 Å². The monoisotopic (exact) mass is 255 g/mol. The molecule has 1 aliphatic rings. The zero-order valence-electron chi connectivity index (χ0n) is 8.50. The Bertz CT molecular complexity index is 577. The van der Waals surface area contributed by atoms with E-state index in [0.717, 1.165) is 0 Å². The molecule has 0 aliphatic carbocycles. The molecule has 0 bridgehead atoms. The van der Waals surface area contributed by atoms with Gasteiger partial charge in [-0.3, -0.25) is 4.79 Å². The van der Waals surface area contributed by atoms with Crippen molar-refractivity contribution < 1.29 is 13.2 Å². The van der Waals surface area contributed by atoms with E-state index in [4.69, 9.17) is 12.2 Å². The van der Waals surface area contributed by atoms with Gasteiger partial charge in [-0.25, -0.2) is 8.42 Å². The van der Waals surface area contributed by atoms with Crippen molar-refractivity contribution >= 4 is 33.1 Å². The summed E-state index contributed by atoms with van der Waals surface area (Å²) < 4.78 is 24.7. The number of hydrogen-bond acceptors (Lipinski definition) is 4. The molecule has 0 spiro atoms. The minimum atomic E-state index is -3.76. The first kappa shape index (κ1) is 11.2. The molecular formula is C10H9NO3S2. The van der Waals surface area contributed by atoms with Crippen LogP contribution in [0.15, 0.2) is 29.2 Å². The normalized spacial score (nSPS) is 17.3. The van der Waals surface area contributed by atoms with Crippen LogP contribution in [-0.2, 0) is 10.0 Å². The number of sulfonamides is 1. The fourth-order valence-electron chi connectivity index (χ4n) is 1.58. The number of amides is 1. The topological polar surface area (TPSA) is 54.5 Å². The maximum atomic E-state index is 12.0. The second-order valence-electron chi connectivity index (χ2n) is 3.32. The molecule has 1 aromatic carbocycles. The molecule has 0 radical (unpaired) electrons. The molecule has 0 N–H and O–H groups in total. The summed E-state index contributed by atoms with van der Waals surface area (Å²) in [6.07, 6.45) is 0.342. The molecule has 0 atom stereocenters. The number of carbonyl (C=O) groups excluding carboxylic acids is 1. The summed E-state index contributed by atoms with van der Waals surface area (Å²) >= 11 is 4.91. The third kappa shape index (κ3) is 1.37. The van der Waals surface area contributed by atoms with E-state index in [9.17, 15) is 13.2 Å². The van der Waals surface area contributed by atoms with Crippen molar-refractivity contribution in [3.63, 3.8) is 0 Å². The predicted molar refractivity (Wildman–Crippen MR) is 62.7 cm³/mol. The Hall–Kier alpha value is -1.27. The van der Waals surface area contributed by atoms with Crippen LogP contribution in [0.2, 0.25) is 0 Å². The molecule has 1 aliphatic heterocycles. The van der Waals surface area contributed by atoms with Crippen molar-refractivity contribution in [2.24, 2.45) is 0 Å². The van der Waals surface area contributed by atoms with Crippen LogP contribution in [0.5, 0.6) is 0 Å². The maximum Gasteiger partial charge on any atom is 0.274 e. The first-order valence-corrected chi connectivity index (χ1v) is 6.56. The Morgan fingerprint density at radius 3 is 2.56 bits per heavy atom. The van der Waals surface area contributed by atoms with Crippen molar-refractivity contribution in [1.82, 2.24) is 4.31 Å². The highest BCUT2D eigenvalue weighted by molar-refractivity contribution is 7.92. The second kappa shape index (κ2) is 3.64. The summed E-state index contributed by atoms with van der Waals surface area (Å²) in [5, 5.41) is 0. The van der Waals surface area contributed by atoms with Gasteiger partial charge in [0.25, 0.3) is 15.9 Å². The van der Waals surface area contributed by atoms with E-state index in [-0.39, 0.29) is 15.4 Å². The van der Waals surface area contributed by atoms with Crippen LogP contribution in [0.1, 0.15) is 23.7 Å². The molecule has 6 heteroatoms. The van der Waals surface area contributed by atoms with Gasteiger partial charge < -0.3 is 0 Å². The van der Waals surface area contributed by atoms with Gasteiger partial charge >= 0.3 is 0 Å². The minimum absolute atomic E-state index is 0.0378. The lowest BCUT2D eigenvalue weighted by molar-refractivity contribution is 0.0920. The second-order valence-corrected chi connectivity index (χ2v) is 5.54. The van der Waals surface area contributed by atoms with Crippen molar-refractivity contribution in [1.29, 1.82) is 0 Å². The standard InChI is InChI=1S/C10H9NO3S2/c1-2-9(15)11-10(12)7-5-3-4-6-8(7)16(11,13)14/h3-6H,2H2,1H3. The summed E-state index contributed by atoms with van der Waals surface area (Å²) in [5.74, 6) is -0.553. The third-order valence-electron chi connectivity index (χ3n) is 2.35. The van der Waals surface area contributed by atoms with E-state index in [0.29, 0.717) is 10.7 Å². The molecule has 2 rings (SSSR count). The third-order valence-corrected chi connectivity index (χ3v) is 4.71. The van der Waals surface area contributed by atoms with Crippen LogP contribution < -0.4 is 0 Å². The van der Waals surface area contributed by atoms with Gasteiger partial charge in [0, 0.05) is 0 Å². The number of hydrogen-bond donors (Lipinski definition) is 0. The van der Waals surface area contributed by atoms with Crippen LogP contribution >= 0.6 is 12.2 Å². The van der Waals surface area contributed by atoms with Crippen LogP contribution in [0.25, 0.3) is 0 Å². The minimum Gasteiger partial charge on any atom is -0.268 e. The molecule has 1 amide bonds. The number of nitrogens with zero attached hydrogens (tertiary/aromatic N) is 1. The predicted octanol–water partition coefficient (Wildman–Crippen LogP) is 1.57. The Balaban J connectivity index is 2.67. The van der Waals surface area contributed by atoms with E-state index in [2.05, 4.69) is 0 Å². The Kier molecular flexibility index (Phi) is 2.55. The number of rotatable bonds is 1. The van der Waals surface area contributed by atoms with Gasteiger partial charge in [0.05, 0.1) is 5.56 Å².